The summed E-state index contributed by atoms with van der Waals surface area (Å²) in [6, 6.07) is 7.65. The number of nitrogens with zero attached hydrogens (tertiary/aromatic N) is 2. The Morgan fingerprint density at radius 1 is 1.41 bits per heavy atom. The molecule has 1 N–H and O–H groups in total. The summed E-state index contributed by atoms with van der Waals surface area (Å²) in [7, 11) is 0. The van der Waals surface area contributed by atoms with Crippen molar-refractivity contribution in [2.75, 3.05) is 16.8 Å². The average molecular weight is 333 g/mol. The van der Waals surface area contributed by atoms with Crippen LogP contribution in [0.15, 0.2) is 40.7 Å². The first-order valence-corrected chi connectivity index (χ1v) is 8.57. The van der Waals surface area contributed by atoms with E-state index in [4.69, 9.17) is 0 Å². The number of aromatic nitrogens is 1. The first-order valence-electron chi connectivity index (χ1n) is 6.87. The average Bonchev–Trinajstić information content (AvgIpc) is 3.01. The third-order valence-corrected chi connectivity index (χ3v) is 5.55. The Labute approximate surface area is 136 Å². The summed E-state index contributed by atoms with van der Waals surface area (Å²) in [6.45, 7) is 4.10. The second-order valence-electron chi connectivity index (χ2n) is 4.94. The van der Waals surface area contributed by atoms with Gasteiger partial charge in [0.2, 0.25) is 0 Å². The van der Waals surface area contributed by atoms with Gasteiger partial charge in [-0.2, -0.15) is 0 Å². The zero-order valence-electron chi connectivity index (χ0n) is 12.2. The quantitative estimate of drug-likeness (QED) is 0.877. The van der Waals surface area contributed by atoms with Crippen LogP contribution < -0.4 is 10.2 Å². The highest BCUT2D eigenvalue weighted by molar-refractivity contribution is 8.02. The highest BCUT2D eigenvalue weighted by atomic mass is 32.2. The largest absolute Gasteiger partial charge is 0.310 e. The van der Waals surface area contributed by atoms with Gasteiger partial charge in [-0.1, -0.05) is 23.9 Å². The van der Waals surface area contributed by atoms with Gasteiger partial charge in [0.25, 0.3) is 11.8 Å². The van der Waals surface area contributed by atoms with E-state index in [1.54, 1.807) is 23.4 Å². The molecule has 2 heterocycles. The number of hydrogen-bond donors (Lipinski definition) is 1. The van der Waals surface area contributed by atoms with Gasteiger partial charge >= 0.3 is 0 Å². The van der Waals surface area contributed by atoms with Gasteiger partial charge in [0.1, 0.15) is 0 Å². The van der Waals surface area contributed by atoms with Crippen molar-refractivity contribution in [3.05, 3.63) is 35.8 Å². The standard InChI is InChI=1S/C15H15N3O2S2/c1-3-18-10-6-4-5-7-11(10)22-15(2,13(18)20)12(19)17-14-16-8-9-21-14/h4-9H,3H2,1-2H3,(H,16,17,19). The summed E-state index contributed by atoms with van der Waals surface area (Å²) in [5.41, 5.74) is 0.861. The number of anilines is 2. The Balaban J connectivity index is 1.96. The van der Waals surface area contributed by atoms with Gasteiger partial charge < -0.3 is 10.2 Å². The second-order valence-corrected chi connectivity index (χ2v) is 7.30. The van der Waals surface area contributed by atoms with Crippen LogP contribution in [0.2, 0.25) is 0 Å². The Kier molecular flexibility index (Phi) is 3.92. The maximum Gasteiger partial charge on any atom is 0.252 e. The molecule has 22 heavy (non-hydrogen) atoms. The zero-order chi connectivity index (χ0) is 15.7. The molecule has 2 aromatic rings. The highest BCUT2D eigenvalue weighted by Crippen LogP contribution is 2.45. The molecule has 0 aliphatic carbocycles. The lowest BCUT2D eigenvalue weighted by atomic mass is 10.1. The van der Waals surface area contributed by atoms with Crippen LogP contribution in [0.3, 0.4) is 0 Å². The van der Waals surface area contributed by atoms with Gasteiger partial charge in [0, 0.05) is 23.0 Å². The molecule has 5 nitrogen and oxygen atoms in total. The molecule has 1 aromatic carbocycles. The van der Waals surface area contributed by atoms with Gasteiger partial charge in [0.15, 0.2) is 9.88 Å². The SMILES string of the molecule is CCN1C(=O)C(C)(C(=O)Nc2nccs2)Sc2ccccc21. The van der Waals surface area contributed by atoms with E-state index in [9.17, 15) is 9.59 Å². The number of thioether (sulfide) groups is 1. The molecule has 114 valence electrons. The van der Waals surface area contributed by atoms with Crippen molar-refractivity contribution in [3.8, 4) is 0 Å². The van der Waals surface area contributed by atoms with Gasteiger partial charge in [-0.15, -0.1) is 11.3 Å². The molecule has 1 unspecified atom stereocenters. The smallest absolute Gasteiger partial charge is 0.252 e. The number of benzene rings is 1. The third kappa shape index (κ3) is 2.40. The number of amides is 2. The van der Waals surface area contributed by atoms with E-state index < -0.39 is 4.75 Å². The van der Waals surface area contributed by atoms with Crippen molar-refractivity contribution in [1.82, 2.24) is 4.98 Å². The lowest BCUT2D eigenvalue weighted by molar-refractivity contribution is -0.128. The molecule has 0 spiro atoms. The van der Waals surface area contributed by atoms with Crippen LogP contribution >= 0.6 is 23.1 Å². The van der Waals surface area contributed by atoms with Gasteiger partial charge in [-0.05, 0) is 26.0 Å². The molecule has 1 atom stereocenters. The predicted octanol–water partition coefficient (Wildman–Crippen LogP) is 3.00. The molecule has 0 fully saturated rings. The van der Waals surface area contributed by atoms with Crippen LogP contribution in [-0.4, -0.2) is 28.1 Å². The molecule has 0 radical (unpaired) electrons. The second kappa shape index (κ2) is 5.73. The number of carbonyl (C=O) groups excluding carboxylic acids is 2. The van der Waals surface area contributed by atoms with Crippen LogP contribution in [0.25, 0.3) is 0 Å². The molecular weight excluding hydrogens is 318 g/mol. The van der Waals surface area contributed by atoms with Crippen LogP contribution in [0.4, 0.5) is 10.8 Å². The van der Waals surface area contributed by atoms with Crippen molar-refractivity contribution >= 4 is 45.7 Å². The molecule has 0 saturated carbocycles. The van der Waals surface area contributed by atoms with Crippen molar-refractivity contribution in [3.63, 3.8) is 0 Å². The lowest BCUT2D eigenvalue weighted by Gasteiger charge is -2.38. The fourth-order valence-electron chi connectivity index (χ4n) is 2.36. The summed E-state index contributed by atoms with van der Waals surface area (Å²) < 4.78 is -1.20. The maximum atomic E-state index is 12.8. The molecule has 1 aliphatic rings. The number of rotatable bonds is 3. The van der Waals surface area contributed by atoms with E-state index in [1.807, 2.05) is 31.2 Å². The van der Waals surface area contributed by atoms with Gasteiger partial charge in [-0.3, -0.25) is 9.59 Å². The number of hydrogen-bond acceptors (Lipinski definition) is 5. The molecular formula is C15H15N3O2S2. The third-order valence-electron chi connectivity index (χ3n) is 3.53. The Morgan fingerprint density at radius 2 is 2.18 bits per heavy atom. The first kappa shape index (κ1) is 15.1. The number of fused-ring (bicyclic) bond motifs is 1. The Hall–Kier alpha value is -1.86. The monoisotopic (exact) mass is 333 g/mol. The lowest BCUT2D eigenvalue weighted by Crippen LogP contribution is -2.54. The van der Waals surface area contributed by atoms with Crippen molar-refractivity contribution < 1.29 is 9.59 Å². The number of carbonyl (C=O) groups is 2. The minimum atomic E-state index is -1.20. The molecule has 3 rings (SSSR count). The molecule has 1 aliphatic heterocycles. The predicted molar refractivity (Wildman–Crippen MR) is 89.5 cm³/mol. The summed E-state index contributed by atoms with van der Waals surface area (Å²) in [6.07, 6.45) is 1.62. The van der Waals surface area contributed by atoms with Crippen molar-refractivity contribution in [2.45, 2.75) is 23.5 Å². The molecule has 1 aromatic heterocycles. The molecule has 7 heteroatoms. The normalized spacial score (nSPS) is 20.6. The van der Waals surface area contributed by atoms with Crippen LogP contribution in [-0.2, 0) is 9.59 Å². The van der Waals surface area contributed by atoms with Gasteiger partial charge in [0.05, 0.1) is 5.69 Å². The fourth-order valence-corrected chi connectivity index (χ4v) is 4.09. The Bertz CT molecular complexity index is 717. The van der Waals surface area contributed by atoms with Gasteiger partial charge in [-0.25, -0.2) is 4.98 Å². The van der Waals surface area contributed by atoms with Crippen molar-refractivity contribution in [2.24, 2.45) is 0 Å². The first-order chi connectivity index (χ1) is 10.6. The van der Waals surface area contributed by atoms with E-state index in [0.717, 1.165) is 10.6 Å². The molecule has 2 amide bonds. The van der Waals surface area contributed by atoms with E-state index in [1.165, 1.54) is 23.1 Å². The number of para-hydroxylation sites is 1. The van der Waals surface area contributed by atoms with E-state index in [-0.39, 0.29) is 11.8 Å². The highest BCUT2D eigenvalue weighted by Gasteiger charge is 2.49. The minimum Gasteiger partial charge on any atom is -0.310 e. The zero-order valence-corrected chi connectivity index (χ0v) is 13.8. The van der Waals surface area contributed by atoms with Crippen LogP contribution in [0, 0.1) is 0 Å². The van der Waals surface area contributed by atoms with E-state index >= 15 is 0 Å². The number of nitrogens with one attached hydrogen (secondary N) is 1. The summed E-state index contributed by atoms with van der Waals surface area (Å²) in [5, 5.41) is 5.02. The van der Waals surface area contributed by atoms with E-state index in [2.05, 4.69) is 10.3 Å². The maximum absolute atomic E-state index is 12.8. The summed E-state index contributed by atoms with van der Waals surface area (Å²) >= 11 is 2.62. The molecule has 0 saturated heterocycles. The van der Waals surface area contributed by atoms with E-state index in [0.29, 0.717) is 11.7 Å². The Morgan fingerprint density at radius 3 is 2.86 bits per heavy atom. The molecule has 0 bridgehead atoms. The number of thiazole rings is 1. The van der Waals surface area contributed by atoms with Crippen LogP contribution in [0.1, 0.15) is 13.8 Å². The van der Waals surface area contributed by atoms with Crippen molar-refractivity contribution in [1.29, 1.82) is 0 Å². The summed E-state index contributed by atoms with van der Waals surface area (Å²) in [5.74, 6) is -0.543. The minimum absolute atomic E-state index is 0.201. The summed E-state index contributed by atoms with van der Waals surface area (Å²) in [4.78, 5) is 32.1. The fraction of sp³-hybridized carbons (Fsp3) is 0.267. The van der Waals surface area contributed by atoms with Crippen LogP contribution in [0.5, 0.6) is 0 Å². The topological polar surface area (TPSA) is 62.3 Å².